The molecule has 2 rings (SSSR count). The van der Waals surface area contributed by atoms with Crippen molar-refractivity contribution in [3.05, 3.63) is 16.3 Å². The quantitative estimate of drug-likeness (QED) is 0.834. The minimum atomic E-state index is -3.22. The van der Waals surface area contributed by atoms with E-state index in [2.05, 4.69) is 4.72 Å². The molecule has 1 aliphatic carbocycles. The fraction of sp³-hybridized carbons (Fsp3) is 0.500. The predicted octanol–water partition coefficient (Wildman–Crippen LogP) is 1.50. The lowest BCUT2D eigenvalue weighted by atomic mass is 10.5. The molecule has 0 radical (unpaired) electrons. The molecule has 72 valence electrons. The molecule has 0 saturated heterocycles. The van der Waals surface area contributed by atoms with Crippen molar-refractivity contribution in [3.8, 4) is 0 Å². The van der Waals surface area contributed by atoms with E-state index in [1.165, 1.54) is 11.3 Å². The van der Waals surface area contributed by atoms with Gasteiger partial charge in [-0.05, 0) is 25.8 Å². The molecular formula is C8H11NO2S2. The number of hydrogen-bond donors (Lipinski definition) is 1. The Hall–Kier alpha value is -0.390. The van der Waals surface area contributed by atoms with Gasteiger partial charge in [0.05, 0.1) is 4.90 Å². The molecule has 0 amide bonds. The Morgan fingerprint density at radius 3 is 2.69 bits per heavy atom. The number of nitrogens with one attached hydrogen (secondary N) is 1. The summed E-state index contributed by atoms with van der Waals surface area (Å²) < 4.78 is 25.8. The van der Waals surface area contributed by atoms with Gasteiger partial charge in [-0.2, -0.15) is 0 Å². The van der Waals surface area contributed by atoms with Crippen molar-refractivity contribution in [2.75, 3.05) is 0 Å². The van der Waals surface area contributed by atoms with Gasteiger partial charge >= 0.3 is 0 Å². The van der Waals surface area contributed by atoms with Crippen LogP contribution in [0.15, 0.2) is 16.3 Å². The molecule has 5 heteroatoms. The zero-order valence-corrected chi connectivity index (χ0v) is 8.91. The largest absolute Gasteiger partial charge is 0.241 e. The topological polar surface area (TPSA) is 46.2 Å². The lowest BCUT2D eigenvalue weighted by Gasteiger charge is -2.01. The number of hydrogen-bond acceptors (Lipinski definition) is 3. The summed E-state index contributed by atoms with van der Waals surface area (Å²) in [7, 11) is -3.22. The summed E-state index contributed by atoms with van der Waals surface area (Å²) in [5, 5.41) is 1.68. The van der Waals surface area contributed by atoms with Crippen LogP contribution in [0, 0.1) is 6.92 Å². The van der Waals surface area contributed by atoms with Crippen LogP contribution in [0.5, 0.6) is 0 Å². The van der Waals surface area contributed by atoms with Crippen LogP contribution < -0.4 is 4.72 Å². The molecule has 0 aliphatic heterocycles. The second-order valence-corrected chi connectivity index (χ2v) is 6.12. The highest BCUT2D eigenvalue weighted by molar-refractivity contribution is 7.89. The summed E-state index contributed by atoms with van der Waals surface area (Å²) in [6, 6.07) is 1.89. The fourth-order valence-electron chi connectivity index (χ4n) is 1.05. The Morgan fingerprint density at radius 2 is 2.23 bits per heavy atom. The molecular weight excluding hydrogens is 206 g/mol. The average Bonchev–Trinajstić information content (AvgIpc) is 2.70. The molecule has 1 aromatic heterocycles. The third-order valence-corrected chi connectivity index (χ3v) is 4.43. The number of aryl methyl sites for hydroxylation is 1. The van der Waals surface area contributed by atoms with Gasteiger partial charge in [0.25, 0.3) is 0 Å². The first kappa shape index (κ1) is 9.18. The van der Waals surface area contributed by atoms with Gasteiger partial charge in [0.15, 0.2) is 0 Å². The number of sulfonamides is 1. The Morgan fingerprint density at radius 1 is 1.54 bits per heavy atom. The van der Waals surface area contributed by atoms with Gasteiger partial charge in [0, 0.05) is 16.3 Å². The van der Waals surface area contributed by atoms with Gasteiger partial charge in [0.2, 0.25) is 10.0 Å². The van der Waals surface area contributed by atoms with E-state index in [1.807, 2.05) is 6.92 Å². The average molecular weight is 217 g/mol. The summed E-state index contributed by atoms with van der Waals surface area (Å²) in [4.78, 5) is 1.43. The lowest BCUT2D eigenvalue weighted by Crippen LogP contribution is -2.25. The fourth-order valence-corrected chi connectivity index (χ4v) is 3.48. The van der Waals surface area contributed by atoms with Gasteiger partial charge in [-0.25, -0.2) is 13.1 Å². The molecule has 1 aromatic rings. The van der Waals surface area contributed by atoms with E-state index in [4.69, 9.17) is 0 Å². The van der Waals surface area contributed by atoms with Gasteiger partial charge in [0.1, 0.15) is 0 Å². The molecule has 1 fully saturated rings. The Kier molecular flexibility index (Phi) is 2.17. The highest BCUT2D eigenvalue weighted by atomic mass is 32.2. The molecule has 0 atom stereocenters. The van der Waals surface area contributed by atoms with Gasteiger partial charge < -0.3 is 0 Å². The van der Waals surface area contributed by atoms with Crippen molar-refractivity contribution >= 4 is 21.4 Å². The van der Waals surface area contributed by atoms with Gasteiger partial charge in [-0.1, -0.05) is 0 Å². The van der Waals surface area contributed by atoms with Crippen molar-refractivity contribution in [1.82, 2.24) is 4.72 Å². The normalized spacial score (nSPS) is 17.6. The highest BCUT2D eigenvalue weighted by Crippen LogP contribution is 2.24. The summed E-state index contributed by atoms with van der Waals surface area (Å²) in [5.74, 6) is 0. The maximum Gasteiger partial charge on any atom is 0.241 e. The molecule has 0 bridgehead atoms. The summed E-state index contributed by atoms with van der Waals surface area (Å²) in [6.07, 6.45) is 1.95. The standard InChI is InChI=1S/C8H11NO2S2/c1-6-4-8(5-12-6)13(10,11)9-7-2-3-7/h4-5,7,9H,2-3H2,1H3. The van der Waals surface area contributed by atoms with Crippen LogP contribution in [0.3, 0.4) is 0 Å². The molecule has 0 aromatic carbocycles. The molecule has 13 heavy (non-hydrogen) atoms. The highest BCUT2D eigenvalue weighted by Gasteiger charge is 2.28. The third-order valence-electron chi connectivity index (χ3n) is 1.92. The molecule has 1 heterocycles. The van der Waals surface area contributed by atoms with Gasteiger partial charge in [-0.15, -0.1) is 11.3 Å². The van der Waals surface area contributed by atoms with Crippen molar-refractivity contribution < 1.29 is 8.42 Å². The van der Waals surface area contributed by atoms with Crippen LogP contribution in [0.2, 0.25) is 0 Å². The minimum absolute atomic E-state index is 0.185. The molecule has 1 saturated carbocycles. The first-order valence-electron chi connectivity index (χ1n) is 4.15. The lowest BCUT2D eigenvalue weighted by molar-refractivity contribution is 0.581. The Balaban J connectivity index is 2.22. The minimum Gasteiger partial charge on any atom is -0.208 e. The Bertz CT molecular complexity index is 404. The molecule has 3 nitrogen and oxygen atoms in total. The van der Waals surface area contributed by atoms with Crippen molar-refractivity contribution in [3.63, 3.8) is 0 Å². The summed E-state index contributed by atoms with van der Waals surface area (Å²) >= 11 is 1.46. The third kappa shape index (κ3) is 2.10. The SMILES string of the molecule is Cc1cc(S(=O)(=O)NC2CC2)cs1. The first-order valence-corrected chi connectivity index (χ1v) is 6.52. The van der Waals surface area contributed by atoms with Crippen LogP contribution in [0.4, 0.5) is 0 Å². The van der Waals surface area contributed by atoms with Crippen molar-refractivity contribution in [2.45, 2.75) is 30.7 Å². The van der Waals surface area contributed by atoms with E-state index in [0.29, 0.717) is 4.90 Å². The van der Waals surface area contributed by atoms with Crippen molar-refractivity contribution in [1.29, 1.82) is 0 Å². The van der Waals surface area contributed by atoms with E-state index in [0.717, 1.165) is 17.7 Å². The molecule has 1 N–H and O–H groups in total. The predicted molar refractivity (Wildman–Crippen MR) is 52.4 cm³/mol. The zero-order valence-electron chi connectivity index (χ0n) is 7.28. The second-order valence-electron chi connectivity index (χ2n) is 3.29. The van der Waals surface area contributed by atoms with Gasteiger partial charge in [-0.3, -0.25) is 0 Å². The van der Waals surface area contributed by atoms with Crippen LogP contribution in [0.25, 0.3) is 0 Å². The zero-order chi connectivity index (χ0) is 9.47. The monoisotopic (exact) mass is 217 g/mol. The number of thiophene rings is 1. The molecule has 0 spiro atoms. The molecule has 0 unspecified atom stereocenters. The van der Waals surface area contributed by atoms with Crippen molar-refractivity contribution in [2.24, 2.45) is 0 Å². The van der Waals surface area contributed by atoms with Crippen LogP contribution >= 0.6 is 11.3 Å². The summed E-state index contributed by atoms with van der Waals surface area (Å²) in [5.41, 5.74) is 0. The van der Waals surface area contributed by atoms with Crippen LogP contribution in [-0.4, -0.2) is 14.5 Å². The van der Waals surface area contributed by atoms with E-state index in [-0.39, 0.29) is 6.04 Å². The first-order chi connectivity index (χ1) is 6.08. The Labute approximate surface area is 81.8 Å². The smallest absolute Gasteiger partial charge is 0.208 e. The maximum atomic E-state index is 11.6. The number of rotatable bonds is 3. The van der Waals surface area contributed by atoms with E-state index < -0.39 is 10.0 Å². The second kappa shape index (κ2) is 3.08. The van der Waals surface area contributed by atoms with E-state index in [1.54, 1.807) is 11.4 Å². The van der Waals surface area contributed by atoms with E-state index in [9.17, 15) is 8.42 Å². The summed E-state index contributed by atoms with van der Waals surface area (Å²) in [6.45, 7) is 1.90. The van der Waals surface area contributed by atoms with Crippen LogP contribution in [-0.2, 0) is 10.0 Å². The van der Waals surface area contributed by atoms with Crippen LogP contribution in [0.1, 0.15) is 17.7 Å². The van der Waals surface area contributed by atoms with E-state index >= 15 is 0 Å². The maximum absolute atomic E-state index is 11.6. The molecule has 1 aliphatic rings.